The van der Waals surface area contributed by atoms with Gasteiger partial charge in [-0.3, -0.25) is 4.90 Å². The molecule has 0 aliphatic carbocycles. The fourth-order valence-electron chi connectivity index (χ4n) is 4.49. The molecule has 2 aromatic heterocycles. The molecule has 0 aliphatic rings. The number of rotatable bonds is 8. The lowest BCUT2D eigenvalue weighted by atomic mass is 9.87. The molecule has 2 aromatic carbocycles. The number of carbonyl (C=O) groups excluding carboxylic acids is 1. The molecule has 10 nitrogen and oxygen atoms in total. The number of benzene rings is 2. The lowest BCUT2D eigenvalue weighted by Crippen LogP contribution is -2.39. The minimum Gasteiger partial charge on any atom is -0.452 e. The number of hydrogen-bond acceptors (Lipinski definition) is 7. The second kappa shape index (κ2) is 12.3. The molecule has 0 atom stereocenters. The van der Waals surface area contributed by atoms with Crippen molar-refractivity contribution in [2.24, 2.45) is 22.2 Å². The highest BCUT2D eigenvalue weighted by Gasteiger charge is 2.26. The van der Waals surface area contributed by atoms with Gasteiger partial charge in [-0.15, -0.1) is 0 Å². The van der Waals surface area contributed by atoms with E-state index >= 15 is 0 Å². The van der Waals surface area contributed by atoms with Gasteiger partial charge in [-0.25, -0.2) is 28.2 Å². The van der Waals surface area contributed by atoms with Crippen molar-refractivity contribution in [3.8, 4) is 0 Å². The van der Waals surface area contributed by atoms with E-state index in [2.05, 4.69) is 42.4 Å². The molecular weight excluding hydrogens is 554 g/mol. The number of amides is 1. The Labute approximate surface area is 248 Å². The minimum absolute atomic E-state index is 0.0135. The molecule has 1 amide bonds. The number of fused-ring (bicyclic) bond motifs is 1. The summed E-state index contributed by atoms with van der Waals surface area (Å²) in [7, 11) is 1.21. The second-order valence-electron chi connectivity index (χ2n) is 10.9. The average Bonchev–Trinajstić information content (AvgIpc) is 3.30. The van der Waals surface area contributed by atoms with Crippen LogP contribution < -0.4 is 17.2 Å². The van der Waals surface area contributed by atoms with E-state index in [-0.39, 0.29) is 47.1 Å². The van der Waals surface area contributed by atoms with Crippen LogP contribution in [0.15, 0.2) is 83.9 Å². The standard InChI is InChI=1S/C31H34F2N8O2/c1-18(41-25-15-22(32)16-37-26(25)24(39-41)14-20-8-6-7-9-23(20)33)38-29(36)27(28(34)35)40(30(42)43-5)17-19-10-12-21(13-11-19)31(2,3)4/h6-13,15-16H,1,14,17,34-35H2,2-5H3,(H2,36,38). The largest absolute Gasteiger partial charge is 0.452 e. The fourth-order valence-corrected chi connectivity index (χ4v) is 4.49. The number of pyridine rings is 1. The summed E-state index contributed by atoms with van der Waals surface area (Å²) in [5.41, 5.74) is 21.3. The van der Waals surface area contributed by atoms with Gasteiger partial charge >= 0.3 is 6.09 Å². The molecule has 0 saturated heterocycles. The van der Waals surface area contributed by atoms with Crippen LogP contribution in [0.4, 0.5) is 13.6 Å². The monoisotopic (exact) mass is 588 g/mol. The SMILES string of the molecule is C=C(N=C(N)C(=C(N)N)N(Cc1ccc(C(C)(C)C)cc1)C(=O)OC)n1nc(Cc2ccccc2F)c2ncc(F)cc21. The number of ether oxygens (including phenoxy) is 1. The zero-order valence-corrected chi connectivity index (χ0v) is 24.4. The Hall–Kier alpha value is -5.26. The summed E-state index contributed by atoms with van der Waals surface area (Å²) in [4.78, 5) is 22.5. The lowest BCUT2D eigenvalue weighted by Gasteiger charge is -2.25. The van der Waals surface area contributed by atoms with Crippen LogP contribution in [0.5, 0.6) is 0 Å². The summed E-state index contributed by atoms with van der Waals surface area (Å²) in [6.45, 7) is 10.2. The smallest absolute Gasteiger partial charge is 0.414 e. The van der Waals surface area contributed by atoms with E-state index in [0.717, 1.165) is 22.2 Å². The van der Waals surface area contributed by atoms with Gasteiger partial charge in [0.1, 0.15) is 34.5 Å². The van der Waals surface area contributed by atoms with Crippen molar-refractivity contribution in [3.63, 3.8) is 0 Å². The van der Waals surface area contributed by atoms with Crippen LogP contribution in [0, 0.1) is 11.6 Å². The molecule has 6 N–H and O–H groups in total. The molecule has 0 fully saturated rings. The molecule has 0 unspecified atom stereocenters. The first-order valence-corrected chi connectivity index (χ1v) is 13.3. The topological polar surface area (TPSA) is 151 Å². The quantitative estimate of drug-likeness (QED) is 0.199. The maximum Gasteiger partial charge on any atom is 0.414 e. The van der Waals surface area contributed by atoms with Crippen molar-refractivity contribution >= 4 is 28.8 Å². The minimum atomic E-state index is -0.782. The molecular formula is C31H34F2N8O2. The Kier molecular flexibility index (Phi) is 8.79. The van der Waals surface area contributed by atoms with E-state index in [1.165, 1.54) is 23.9 Å². The normalized spacial score (nSPS) is 11.8. The van der Waals surface area contributed by atoms with Gasteiger partial charge in [-0.2, -0.15) is 5.10 Å². The van der Waals surface area contributed by atoms with Crippen LogP contribution in [-0.2, 0) is 23.1 Å². The van der Waals surface area contributed by atoms with Crippen LogP contribution >= 0.6 is 0 Å². The molecule has 4 rings (SSSR count). The molecule has 0 bridgehead atoms. The summed E-state index contributed by atoms with van der Waals surface area (Å²) in [5, 5.41) is 4.49. The first-order valence-electron chi connectivity index (χ1n) is 13.3. The Bertz CT molecular complexity index is 1730. The number of halogens is 2. The van der Waals surface area contributed by atoms with Crippen LogP contribution in [0.2, 0.25) is 0 Å². The van der Waals surface area contributed by atoms with Gasteiger partial charge in [0.2, 0.25) is 0 Å². The number of nitrogens with zero attached hydrogens (tertiary/aromatic N) is 5. The van der Waals surface area contributed by atoms with E-state index in [9.17, 15) is 13.6 Å². The molecule has 12 heteroatoms. The highest BCUT2D eigenvalue weighted by atomic mass is 19.1. The van der Waals surface area contributed by atoms with Gasteiger partial charge in [0.25, 0.3) is 0 Å². The number of amidine groups is 1. The number of carbonyl (C=O) groups is 1. The average molecular weight is 589 g/mol. The van der Waals surface area contributed by atoms with Crippen molar-refractivity contribution in [1.29, 1.82) is 0 Å². The molecule has 0 aliphatic heterocycles. The van der Waals surface area contributed by atoms with Gasteiger partial charge < -0.3 is 21.9 Å². The van der Waals surface area contributed by atoms with E-state index < -0.39 is 17.7 Å². The molecule has 0 radical (unpaired) electrons. The summed E-state index contributed by atoms with van der Waals surface area (Å²) in [5.74, 6) is -1.68. The number of aromatic nitrogens is 3. The predicted molar refractivity (Wildman–Crippen MR) is 162 cm³/mol. The summed E-state index contributed by atoms with van der Waals surface area (Å²) in [6.07, 6.45) is 0.333. The molecule has 43 heavy (non-hydrogen) atoms. The Balaban J connectivity index is 1.71. The number of methoxy groups -OCH3 is 1. The fraction of sp³-hybridized carbons (Fsp3) is 0.226. The first-order chi connectivity index (χ1) is 20.3. The van der Waals surface area contributed by atoms with Crippen LogP contribution in [0.1, 0.15) is 43.2 Å². The zero-order valence-electron chi connectivity index (χ0n) is 24.4. The van der Waals surface area contributed by atoms with E-state index in [4.69, 9.17) is 21.9 Å². The maximum absolute atomic E-state index is 14.4. The highest BCUT2D eigenvalue weighted by molar-refractivity contribution is 6.01. The predicted octanol–water partition coefficient (Wildman–Crippen LogP) is 4.74. The van der Waals surface area contributed by atoms with Crippen LogP contribution in [-0.4, -0.2) is 38.7 Å². The third-order valence-corrected chi connectivity index (χ3v) is 6.71. The molecule has 224 valence electrons. The van der Waals surface area contributed by atoms with Gasteiger partial charge in [0, 0.05) is 12.5 Å². The van der Waals surface area contributed by atoms with E-state index in [1.807, 2.05) is 24.3 Å². The van der Waals surface area contributed by atoms with E-state index in [1.54, 1.807) is 18.2 Å². The van der Waals surface area contributed by atoms with Crippen molar-refractivity contribution in [3.05, 3.63) is 113 Å². The Morgan fingerprint density at radius 1 is 1.09 bits per heavy atom. The van der Waals surface area contributed by atoms with Crippen molar-refractivity contribution < 1.29 is 18.3 Å². The van der Waals surface area contributed by atoms with Gasteiger partial charge in [-0.1, -0.05) is 69.8 Å². The van der Waals surface area contributed by atoms with E-state index in [0.29, 0.717) is 16.8 Å². The van der Waals surface area contributed by atoms with Crippen LogP contribution in [0.3, 0.4) is 0 Å². The molecule has 0 spiro atoms. The molecule has 4 aromatic rings. The third-order valence-electron chi connectivity index (χ3n) is 6.71. The van der Waals surface area contributed by atoms with Gasteiger partial charge in [0.05, 0.1) is 31.1 Å². The van der Waals surface area contributed by atoms with Gasteiger partial charge in [0.15, 0.2) is 5.84 Å². The Morgan fingerprint density at radius 2 is 1.77 bits per heavy atom. The maximum atomic E-state index is 14.4. The lowest BCUT2D eigenvalue weighted by molar-refractivity contribution is 0.135. The number of hydrogen-bond donors (Lipinski definition) is 3. The zero-order chi connectivity index (χ0) is 31.5. The summed E-state index contributed by atoms with van der Waals surface area (Å²) >= 11 is 0. The summed E-state index contributed by atoms with van der Waals surface area (Å²) in [6, 6.07) is 15.1. The Morgan fingerprint density at radius 3 is 2.37 bits per heavy atom. The van der Waals surface area contributed by atoms with Crippen molar-refractivity contribution in [2.45, 2.75) is 39.2 Å². The molecule has 2 heterocycles. The number of nitrogens with two attached hydrogens (primary N) is 3. The summed E-state index contributed by atoms with van der Waals surface area (Å²) < 4.78 is 34.9. The third kappa shape index (κ3) is 6.80. The first kappa shape index (κ1) is 30.7. The van der Waals surface area contributed by atoms with Crippen molar-refractivity contribution in [2.75, 3.05) is 7.11 Å². The number of aliphatic imine (C=N–C) groups is 1. The van der Waals surface area contributed by atoms with Crippen molar-refractivity contribution in [1.82, 2.24) is 19.7 Å². The van der Waals surface area contributed by atoms with Gasteiger partial charge in [-0.05, 0) is 28.2 Å². The second-order valence-corrected chi connectivity index (χ2v) is 10.9. The highest BCUT2D eigenvalue weighted by Crippen LogP contribution is 2.26. The van der Waals surface area contributed by atoms with Crippen LogP contribution in [0.25, 0.3) is 16.9 Å². The molecule has 0 saturated carbocycles.